The minimum absolute atomic E-state index is 0.169. The van der Waals surface area contributed by atoms with Crippen molar-refractivity contribution in [3.05, 3.63) is 78.1 Å². The predicted octanol–water partition coefficient (Wildman–Crippen LogP) is 2.51. The largest absolute Gasteiger partial charge is 0.347 e. The Labute approximate surface area is 190 Å². The summed E-state index contributed by atoms with van der Waals surface area (Å²) in [5.41, 5.74) is 2.65. The number of pyridine rings is 1. The lowest BCUT2D eigenvalue weighted by Crippen LogP contribution is -2.83. The molecular formula is C25H23N5O3. The summed E-state index contributed by atoms with van der Waals surface area (Å²) in [7, 11) is 0. The first-order valence-corrected chi connectivity index (χ1v) is 10.7. The molecule has 3 fully saturated rings. The van der Waals surface area contributed by atoms with Crippen LogP contribution in [-0.2, 0) is 4.79 Å². The van der Waals surface area contributed by atoms with Gasteiger partial charge in [0.25, 0.3) is 11.8 Å². The highest BCUT2D eigenvalue weighted by Gasteiger charge is 2.69. The Morgan fingerprint density at radius 3 is 2.33 bits per heavy atom. The zero-order valence-electron chi connectivity index (χ0n) is 17.9. The summed E-state index contributed by atoms with van der Waals surface area (Å²) in [6, 6.07) is 12.0. The van der Waals surface area contributed by atoms with Crippen LogP contribution in [0, 0.1) is 0 Å². The van der Waals surface area contributed by atoms with Gasteiger partial charge in [-0.1, -0.05) is 12.6 Å². The lowest BCUT2D eigenvalue weighted by molar-refractivity contribution is -0.135. The van der Waals surface area contributed by atoms with Crippen LogP contribution in [0.1, 0.15) is 45.8 Å². The third kappa shape index (κ3) is 3.95. The van der Waals surface area contributed by atoms with E-state index in [1.807, 2.05) is 12.1 Å². The summed E-state index contributed by atoms with van der Waals surface area (Å²) in [5.74, 6) is -0.675. The molecule has 1 aromatic carbocycles. The Bertz CT molecular complexity index is 1210. The Kier molecular flexibility index (Phi) is 4.92. The molecule has 0 atom stereocenters. The first-order chi connectivity index (χ1) is 15.9. The molecule has 3 amide bonds. The van der Waals surface area contributed by atoms with Gasteiger partial charge in [0.05, 0.1) is 12.2 Å². The molecule has 0 unspecified atom stereocenters. The van der Waals surface area contributed by atoms with E-state index in [-0.39, 0.29) is 28.8 Å². The minimum atomic E-state index is -0.325. The van der Waals surface area contributed by atoms with Gasteiger partial charge in [0.1, 0.15) is 5.69 Å². The number of rotatable bonds is 7. The molecule has 0 saturated heterocycles. The molecule has 3 N–H and O–H groups in total. The van der Waals surface area contributed by atoms with Gasteiger partial charge in [0.2, 0.25) is 5.91 Å². The second kappa shape index (κ2) is 7.81. The molecule has 3 aliphatic carbocycles. The molecule has 6 rings (SSSR count). The van der Waals surface area contributed by atoms with Crippen LogP contribution in [0.5, 0.6) is 0 Å². The average Bonchev–Trinajstić information content (AvgIpc) is 3.32. The number of nitrogens with one attached hydrogen (secondary N) is 3. The Hall–Kier alpha value is -4.07. The monoisotopic (exact) mass is 441 g/mol. The number of aromatic nitrogens is 1. The van der Waals surface area contributed by atoms with Crippen molar-refractivity contribution in [2.24, 2.45) is 4.99 Å². The van der Waals surface area contributed by atoms with Crippen molar-refractivity contribution in [2.75, 3.05) is 11.9 Å². The quantitative estimate of drug-likeness (QED) is 0.573. The molecule has 2 heterocycles. The van der Waals surface area contributed by atoms with Crippen LogP contribution in [0.15, 0.2) is 66.2 Å². The van der Waals surface area contributed by atoms with Gasteiger partial charge in [-0.15, -0.1) is 0 Å². The smallest absolute Gasteiger partial charge is 0.274 e. The van der Waals surface area contributed by atoms with E-state index < -0.39 is 0 Å². The van der Waals surface area contributed by atoms with E-state index in [0.29, 0.717) is 23.5 Å². The van der Waals surface area contributed by atoms with Crippen LogP contribution in [0.4, 0.5) is 5.69 Å². The fourth-order valence-electron chi connectivity index (χ4n) is 4.83. The summed E-state index contributed by atoms with van der Waals surface area (Å²) >= 11 is 0. The second-order valence-corrected chi connectivity index (χ2v) is 8.86. The standard InChI is InChI=1S/C25H23N5O3/c1-2-21(31)29-24-13-25(14-24,15-24)30-22(32)16-6-8-18(9-7-16)27-23(33)20-5-3-4-19(28-20)17-10-11-26-12-17/h2-11H,1,12-15H2,(H,27,33)(H,29,31)(H,30,32). The number of aliphatic imine (C=N–C) groups is 1. The van der Waals surface area contributed by atoms with E-state index >= 15 is 0 Å². The molecule has 33 heavy (non-hydrogen) atoms. The number of amides is 3. The van der Waals surface area contributed by atoms with E-state index in [4.69, 9.17) is 0 Å². The van der Waals surface area contributed by atoms with Crippen molar-refractivity contribution in [2.45, 2.75) is 30.3 Å². The minimum Gasteiger partial charge on any atom is -0.347 e. The normalized spacial score (nSPS) is 24.1. The zero-order chi connectivity index (χ0) is 23.1. The Balaban J connectivity index is 1.16. The summed E-state index contributed by atoms with van der Waals surface area (Å²) < 4.78 is 0. The van der Waals surface area contributed by atoms with Crippen LogP contribution >= 0.6 is 0 Å². The lowest BCUT2D eigenvalue weighted by atomic mass is 9.44. The fourth-order valence-corrected chi connectivity index (χ4v) is 4.83. The zero-order valence-corrected chi connectivity index (χ0v) is 17.9. The predicted molar refractivity (Wildman–Crippen MR) is 125 cm³/mol. The molecule has 2 bridgehead atoms. The first kappa shape index (κ1) is 20.8. The highest BCUT2D eigenvalue weighted by Crippen LogP contribution is 2.60. The maximum absolute atomic E-state index is 12.7. The van der Waals surface area contributed by atoms with Gasteiger partial charge >= 0.3 is 0 Å². The maximum atomic E-state index is 12.7. The van der Waals surface area contributed by atoms with Crippen LogP contribution in [-0.4, -0.2) is 46.5 Å². The summed E-state index contributed by atoms with van der Waals surface area (Å²) in [5, 5.41) is 8.84. The highest BCUT2D eigenvalue weighted by atomic mass is 16.2. The number of carbonyl (C=O) groups is 3. The molecule has 8 nitrogen and oxygen atoms in total. The number of anilines is 1. The van der Waals surface area contributed by atoms with Crippen LogP contribution in [0.25, 0.3) is 5.57 Å². The van der Waals surface area contributed by atoms with Gasteiger partial charge in [-0.2, -0.15) is 0 Å². The third-order valence-corrected chi connectivity index (χ3v) is 6.34. The number of hydrogen-bond donors (Lipinski definition) is 3. The summed E-state index contributed by atoms with van der Waals surface area (Å²) in [6.45, 7) is 4.03. The molecule has 166 valence electrons. The van der Waals surface area contributed by atoms with Gasteiger partial charge in [0.15, 0.2) is 0 Å². The maximum Gasteiger partial charge on any atom is 0.274 e. The van der Waals surface area contributed by atoms with Gasteiger partial charge < -0.3 is 16.0 Å². The van der Waals surface area contributed by atoms with E-state index in [9.17, 15) is 14.4 Å². The van der Waals surface area contributed by atoms with Crippen molar-refractivity contribution in [3.63, 3.8) is 0 Å². The molecule has 4 aliphatic rings. The molecule has 1 aliphatic heterocycles. The third-order valence-electron chi connectivity index (χ3n) is 6.34. The highest BCUT2D eigenvalue weighted by molar-refractivity contribution is 6.03. The Morgan fingerprint density at radius 2 is 1.67 bits per heavy atom. The molecule has 1 aromatic heterocycles. The lowest BCUT2D eigenvalue weighted by Gasteiger charge is -2.70. The van der Waals surface area contributed by atoms with Crippen molar-refractivity contribution in [1.82, 2.24) is 15.6 Å². The average molecular weight is 441 g/mol. The van der Waals surface area contributed by atoms with Crippen LogP contribution in [0.2, 0.25) is 0 Å². The van der Waals surface area contributed by atoms with Gasteiger partial charge in [0, 0.05) is 34.1 Å². The van der Waals surface area contributed by atoms with E-state index in [2.05, 4.69) is 32.5 Å². The topological polar surface area (TPSA) is 113 Å². The second-order valence-electron chi connectivity index (χ2n) is 8.86. The van der Waals surface area contributed by atoms with E-state index in [1.165, 1.54) is 6.08 Å². The van der Waals surface area contributed by atoms with Crippen molar-refractivity contribution >= 4 is 35.2 Å². The molecule has 3 saturated carbocycles. The first-order valence-electron chi connectivity index (χ1n) is 10.7. The van der Waals surface area contributed by atoms with Crippen molar-refractivity contribution < 1.29 is 14.4 Å². The molecule has 8 heteroatoms. The SMILES string of the molecule is C=CC(=O)NC12CC(NC(=O)c3ccc(NC(=O)c4cccc(C5=CC=NC5)n4)cc3)(C1)C2. The summed E-state index contributed by atoms with van der Waals surface area (Å²) in [6.07, 6.45) is 7.07. The van der Waals surface area contributed by atoms with Crippen molar-refractivity contribution in [1.29, 1.82) is 0 Å². The van der Waals surface area contributed by atoms with E-state index in [0.717, 1.165) is 30.5 Å². The van der Waals surface area contributed by atoms with Gasteiger partial charge in [-0.05, 0) is 67.8 Å². The molecule has 0 spiro atoms. The van der Waals surface area contributed by atoms with Gasteiger partial charge in [-0.25, -0.2) is 4.98 Å². The summed E-state index contributed by atoms with van der Waals surface area (Å²) in [4.78, 5) is 45.4. The number of benzene rings is 1. The molecule has 2 aromatic rings. The van der Waals surface area contributed by atoms with Crippen LogP contribution in [0.3, 0.4) is 0 Å². The van der Waals surface area contributed by atoms with Gasteiger partial charge in [-0.3, -0.25) is 19.4 Å². The van der Waals surface area contributed by atoms with Crippen molar-refractivity contribution in [3.8, 4) is 0 Å². The number of nitrogens with zero attached hydrogens (tertiary/aromatic N) is 2. The number of carbonyl (C=O) groups excluding carboxylic acids is 3. The number of hydrogen-bond acceptors (Lipinski definition) is 5. The molecule has 0 radical (unpaired) electrons. The van der Waals surface area contributed by atoms with Crippen LogP contribution < -0.4 is 16.0 Å². The Morgan fingerprint density at radius 1 is 0.939 bits per heavy atom. The fraction of sp³-hybridized carbons (Fsp3) is 0.240. The number of allylic oxidation sites excluding steroid dienone is 1. The van der Waals surface area contributed by atoms with E-state index in [1.54, 1.807) is 42.6 Å². The molecular weight excluding hydrogens is 418 g/mol.